The van der Waals surface area contributed by atoms with Gasteiger partial charge in [0.2, 0.25) is 5.95 Å². The van der Waals surface area contributed by atoms with Crippen molar-refractivity contribution in [2.75, 3.05) is 14.1 Å². The second kappa shape index (κ2) is 6.88. The fraction of sp³-hybridized carbons (Fsp3) is 0.438. The molecule has 0 aliphatic rings. The van der Waals surface area contributed by atoms with E-state index in [2.05, 4.69) is 15.0 Å². The van der Waals surface area contributed by atoms with Crippen molar-refractivity contribution < 1.29 is 14.3 Å². The second-order valence-corrected chi connectivity index (χ2v) is 6.75. The maximum absolute atomic E-state index is 12.7. The van der Waals surface area contributed by atoms with Crippen LogP contribution in [0.25, 0.3) is 11.0 Å². The van der Waals surface area contributed by atoms with E-state index in [4.69, 9.17) is 4.74 Å². The van der Waals surface area contributed by atoms with Crippen molar-refractivity contribution in [1.82, 2.24) is 19.4 Å². The largest absolute Gasteiger partial charge is 0.443 e. The zero-order valence-corrected chi connectivity index (χ0v) is 14.9. The Kier molecular flexibility index (Phi) is 5.05. The third-order valence-electron chi connectivity index (χ3n) is 3.26. The molecule has 9 heteroatoms. The summed E-state index contributed by atoms with van der Waals surface area (Å²) in [7, 11) is 3.52. The highest BCUT2D eigenvalue weighted by molar-refractivity contribution is 5.94. The molecule has 0 radical (unpaired) electrons. The number of rotatable bonds is 5. The van der Waals surface area contributed by atoms with E-state index in [9.17, 15) is 14.4 Å². The lowest BCUT2D eigenvalue weighted by Gasteiger charge is -2.17. The summed E-state index contributed by atoms with van der Waals surface area (Å²) in [4.78, 5) is 48.6. The van der Waals surface area contributed by atoms with Gasteiger partial charge < -0.3 is 14.6 Å². The molecule has 0 saturated carbocycles. The SMILES string of the molecule is CN(C)C=Nc1nc2c(C=O)c[nH]c2c(=O)n1COC(=O)C(C)(C)C. The molecule has 0 amide bonds. The summed E-state index contributed by atoms with van der Waals surface area (Å²) in [5, 5.41) is 0. The van der Waals surface area contributed by atoms with Crippen LogP contribution in [-0.4, -0.2) is 52.1 Å². The van der Waals surface area contributed by atoms with Gasteiger partial charge in [-0.25, -0.2) is 14.5 Å². The summed E-state index contributed by atoms with van der Waals surface area (Å²) in [6.07, 6.45) is 3.47. The third-order valence-corrected chi connectivity index (χ3v) is 3.26. The molecule has 0 atom stereocenters. The fourth-order valence-electron chi connectivity index (χ4n) is 1.91. The van der Waals surface area contributed by atoms with Gasteiger partial charge in [0.25, 0.3) is 5.56 Å². The van der Waals surface area contributed by atoms with E-state index in [0.717, 1.165) is 4.57 Å². The van der Waals surface area contributed by atoms with Gasteiger partial charge in [0.05, 0.1) is 17.3 Å². The topological polar surface area (TPSA) is 110 Å². The van der Waals surface area contributed by atoms with Gasteiger partial charge >= 0.3 is 5.97 Å². The Balaban J connectivity index is 2.54. The fourth-order valence-corrected chi connectivity index (χ4v) is 1.91. The predicted molar refractivity (Wildman–Crippen MR) is 93.1 cm³/mol. The van der Waals surface area contributed by atoms with E-state index in [-0.39, 0.29) is 29.3 Å². The molecule has 0 aliphatic carbocycles. The standard InChI is InChI=1S/C16H21N5O4/c1-16(2,3)14(24)25-9-21-13(23)12-11(10(7-22)6-17-12)19-15(21)18-8-20(4)5/h6-8,17H,9H2,1-5H3. The molecule has 2 rings (SSSR count). The number of carbonyl (C=O) groups excluding carboxylic acids is 2. The summed E-state index contributed by atoms with van der Waals surface area (Å²) < 4.78 is 6.35. The Morgan fingerprint density at radius 1 is 1.44 bits per heavy atom. The smallest absolute Gasteiger partial charge is 0.312 e. The van der Waals surface area contributed by atoms with Gasteiger partial charge in [0.1, 0.15) is 11.0 Å². The number of nitrogens with zero attached hydrogens (tertiary/aromatic N) is 4. The number of fused-ring (bicyclic) bond motifs is 1. The summed E-state index contributed by atoms with van der Waals surface area (Å²) in [5.74, 6) is -0.419. The van der Waals surface area contributed by atoms with E-state index in [1.165, 1.54) is 12.5 Å². The first-order valence-corrected chi connectivity index (χ1v) is 7.60. The average molecular weight is 347 g/mol. The molecule has 0 spiro atoms. The lowest BCUT2D eigenvalue weighted by Crippen LogP contribution is -2.28. The number of ether oxygens (including phenoxy) is 1. The predicted octanol–water partition coefficient (Wildman–Crippen LogP) is 1.31. The Hall–Kier alpha value is -2.97. The highest BCUT2D eigenvalue weighted by Crippen LogP contribution is 2.18. The molecule has 2 heterocycles. The van der Waals surface area contributed by atoms with Crippen LogP contribution in [0.5, 0.6) is 0 Å². The number of aliphatic imine (C=N–C) groups is 1. The van der Waals surface area contributed by atoms with Gasteiger partial charge in [-0.3, -0.25) is 14.4 Å². The number of nitrogens with one attached hydrogen (secondary N) is 1. The minimum atomic E-state index is -0.703. The number of esters is 1. The Labute approximate surface area is 144 Å². The maximum Gasteiger partial charge on any atom is 0.312 e. The van der Waals surface area contributed by atoms with Gasteiger partial charge in [0, 0.05) is 20.3 Å². The van der Waals surface area contributed by atoms with Gasteiger partial charge in [0.15, 0.2) is 13.0 Å². The first-order chi connectivity index (χ1) is 11.6. The molecule has 0 fully saturated rings. The second-order valence-electron chi connectivity index (χ2n) is 6.75. The molecule has 0 unspecified atom stereocenters. The van der Waals surface area contributed by atoms with E-state index < -0.39 is 16.9 Å². The molecular formula is C16H21N5O4. The average Bonchev–Trinajstić information content (AvgIpc) is 2.94. The van der Waals surface area contributed by atoms with Crippen LogP contribution in [0.3, 0.4) is 0 Å². The molecule has 0 aliphatic heterocycles. The Bertz CT molecular complexity index is 886. The highest BCUT2D eigenvalue weighted by Gasteiger charge is 2.24. The van der Waals surface area contributed by atoms with Crippen molar-refractivity contribution in [2.24, 2.45) is 10.4 Å². The van der Waals surface area contributed by atoms with Gasteiger partial charge in [-0.15, -0.1) is 0 Å². The van der Waals surface area contributed by atoms with E-state index in [0.29, 0.717) is 6.29 Å². The third kappa shape index (κ3) is 3.93. The summed E-state index contributed by atoms with van der Waals surface area (Å²) in [6, 6.07) is 0. The summed E-state index contributed by atoms with van der Waals surface area (Å²) in [5.41, 5.74) is -0.550. The van der Waals surface area contributed by atoms with Crippen LogP contribution in [0.4, 0.5) is 5.95 Å². The number of H-pyrrole nitrogens is 1. The van der Waals surface area contributed by atoms with Gasteiger partial charge in [-0.1, -0.05) is 0 Å². The molecule has 134 valence electrons. The van der Waals surface area contributed by atoms with Crippen molar-refractivity contribution in [3.05, 3.63) is 22.1 Å². The van der Waals surface area contributed by atoms with E-state index in [1.54, 1.807) is 39.8 Å². The molecule has 25 heavy (non-hydrogen) atoms. The number of aromatic amines is 1. The van der Waals surface area contributed by atoms with Gasteiger partial charge in [-0.05, 0) is 20.8 Å². The van der Waals surface area contributed by atoms with Crippen LogP contribution in [0.15, 0.2) is 16.0 Å². The number of aldehydes is 1. The lowest BCUT2D eigenvalue weighted by atomic mass is 9.98. The first-order valence-electron chi connectivity index (χ1n) is 7.60. The zero-order valence-electron chi connectivity index (χ0n) is 14.9. The molecule has 2 aromatic rings. The van der Waals surface area contributed by atoms with Crippen molar-refractivity contribution in [1.29, 1.82) is 0 Å². The van der Waals surface area contributed by atoms with Crippen LogP contribution in [0, 0.1) is 5.41 Å². The minimum absolute atomic E-state index is 0.0376. The molecule has 0 bridgehead atoms. The molecule has 0 saturated heterocycles. The van der Waals surface area contributed by atoms with Crippen molar-refractivity contribution >= 4 is 35.6 Å². The number of hydrogen-bond donors (Lipinski definition) is 1. The number of hydrogen-bond acceptors (Lipinski definition) is 6. The summed E-state index contributed by atoms with van der Waals surface area (Å²) in [6.45, 7) is 4.82. The first kappa shape index (κ1) is 18.4. The quantitative estimate of drug-likeness (QED) is 0.378. The normalized spacial score (nSPS) is 11.9. The number of carbonyl (C=O) groups is 2. The maximum atomic E-state index is 12.7. The Morgan fingerprint density at radius 2 is 2.12 bits per heavy atom. The lowest BCUT2D eigenvalue weighted by molar-refractivity contribution is -0.157. The van der Waals surface area contributed by atoms with Crippen LogP contribution < -0.4 is 5.56 Å². The van der Waals surface area contributed by atoms with Crippen LogP contribution in [-0.2, 0) is 16.3 Å². The monoisotopic (exact) mass is 347 g/mol. The molecule has 0 aromatic carbocycles. The minimum Gasteiger partial charge on any atom is -0.443 e. The number of aromatic nitrogens is 3. The van der Waals surface area contributed by atoms with Gasteiger partial charge in [-0.2, -0.15) is 0 Å². The van der Waals surface area contributed by atoms with Crippen LogP contribution in [0.1, 0.15) is 31.1 Å². The van der Waals surface area contributed by atoms with E-state index in [1.807, 2.05) is 0 Å². The summed E-state index contributed by atoms with van der Waals surface area (Å²) >= 11 is 0. The Morgan fingerprint density at radius 3 is 2.68 bits per heavy atom. The zero-order chi connectivity index (χ0) is 18.8. The molecule has 1 N–H and O–H groups in total. The van der Waals surface area contributed by atoms with Crippen molar-refractivity contribution in [3.8, 4) is 0 Å². The van der Waals surface area contributed by atoms with Crippen molar-refractivity contribution in [2.45, 2.75) is 27.5 Å². The molecular weight excluding hydrogens is 326 g/mol. The highest BCUT2D eigenvalue weighted by atomic mass is 16.5. The van der Waals surface area contributed by atoms with Crippen LogP contribution in [0.2, 0.25) is 0 Å². The molecule has 9 nitrogen and oxygen atoms in total. The van der Waals surface area contributed by atoms with Crippen LogP contribution >= 0.6 is 0 Å². The van der Waals surface area contributed by atoms with Crippen molar-refractivity contribution in [3.63, 3.8) is 0 Å². The molecule has 2 aromatic heterocycles. The van der Waals surface area contributed by atoms with E-state index >= 15 is 0 Å².